The number of anilines is 1. The van der Waals surface area contributed by atoms with Crippen molar-refractivity contribution in [3.63, 3.8) is 0 Å². The largest absolute Gasteiger partial charge is 0.476 e. The number of nitrogens with zero attached hydrogens (tertiary/aromatic N) is 2. The summed E-state index contributed by atoms with van der Waals surface area (Å²) >= 11 is 3.01. The number of halogens is 1. The van der Waals surface area contributed by atoms with Gasteiger partial charge in [-0.25, -0.2) is 19.6 Å². The third-order valence-corrected chi connectivity index (χ3v) is 2.36. The number of hydrogen-bond acceptors (Lipinski definition) is 5. The van der Waals surface area contributed by atoms with Gasteiger partial charge in [-0.3, -0.25) is 5.32 Å². The summed E-state index contributed by atoms with van der Waals surface area (Å²) < 4.78 is 5.10. The van der Waals surface area contributed by atoms with Gasteiger partial charge in [0.15, 0.2) is 11.5 Å². The van der Waals surface area contributed by atoms with Gasteiger partial charge in [-0.1, -0.05) is 0 Å². The molecule has 0 aliphatic heterocycles. The van der Waals surface area contributed by atoms with Crippen LogP contribution in [-0.2, 0) is 4.74 Å². The molecule has 0 unspecified atom stereocenters. The van der Waals surface area contributed by atoms with Gasteiger partial charge in [0.2, 0.25) is 0 Å². The van der Waals surface area contributed by atoms with Crippen molar-refractivity contribution in [2.75, 3.05) is 5.32 Å². The van der Waals surface area contributed by atoms with E-state index < -0.39 is 17.7 Å². The van der Waals surface area contributed by atoms with E-state index in [1.807, 2.05) is 0 Å². The summed E-state index contributed by atoms with van der Waals surface area (Å²) in [6.07, 6.45) is 0.319. The fourth-order valence-electron chi connectivity index (χ4n) is 1.01. The van der Waals surface area contributed by atoms with E-state index in [9.17, 15) is 9.59 Å². The number of nitrogens with one attached hydrogen (secondary N) is 1. The molecule has 1 heterocycles. The lowest BCUT2D eigenvalue weighted by atomic mass is 10.2. The van der Waals surface area contributed by atoms with Crippen LogP contribution in [0.5, 0.6) is 0 Å². The summed E-state index contributed by atoms with van der Waals surface area (Å²) in [6.45, 7) is 5.14. The van der Waals surface area contributed by atoms with Gasteiger partial charge in [-0.15, -0.1) is 0 Å². The van der Waals surface area contributed by atoms with Crippen molar-refractivity contribution in [3.05, 3.63) is 16.5 Å². The maximum atomic E-state index is 11.5. The Labute approximate surface area is 112 Å². The smallest absolute Gasteiger partial charge is 0.413 e. The lowest BCUT2D eigenvalue weighted by molar-refractivity contribution is 0.0631. The highest BCUT2D eigenvalue weighted by molar-refractivity contribution is 9.10. The molecule has 98 valence electrons. The first-order valence-electron chi connectivity index (χ1n) is 4.94. The molecule has 0 aromatic carbocycles. The molecule has 0 aliphatic carbocycles. The van der Waals surface area contributed by atoms with Crippen molar-refractivity contribution in [2.45, 2.75) is 26.4 Å². The first kappa shape index (κ1) is 14.4. The van der Waals surface area contributed by atoms with Gasteiger partial charge in [-0.2, -0.15) is 0 Å². The van der Waals surface area contributed by atoms with Crippen molar-refractivity contribution in [3.8, 4) is 0 Å². The number of aromatic nitrogens is 2. The van der Waals surface area contributed by atoms with Gasteiger partial charge in [0.05, 0.1) is 4.47 Å². The fraction of sp³-hybridized carbons (Fsp3) is 0.400. The van der Waals surface area contributed by atoms with Gasteiger partial charge in [0.25, 0.3) is 0 Å². The number of aromatic carboxylic acids is 1. The first-order valence-corrected chi connectivity index (χ1v) is 5.74. The van der Waals surface area contributed by atoms with Crippen LogP contribution in [0.2, 0.25) is 0 Å². The van der Waals surface area contributed by atoms with Gasteiger partial charge in [-0.05, 0) is 36.7 Å². The molecule has 0 fully saturated rings. The highest BCUT2D eigenvalue weighted by Gasteiger charge is 2.20. The summed E-state index contributed by atoms with van der Waals surface area (Å²) in [5.74, 6) is -1.19. The second-order valence-corrected chi connectivity index (χ2v) is 5.11. The molecule has 0 saturated heterocycles. The maximum absolute atomic E-state index is 11.5. The number of carboxylic acids is 1. The van der Waals surface area contributed by atoms with E-state index in [0.717, 1.165) is 6.33 Å². The molecule has 1 aromatic heterocycles. The van der Waals surface area contributed by atoms with E-state index in [4.69, 9.17) is 9.84 Å². The minimum absolute atomic E-state index is 0.0386. The number of rotatable bonds is 2. The highest BCUT2D eigenvalue weighted by Crippen LogP contribution is 2.23. The van der Waals surface area contributed by atoms with Gasteiger partial charge < -0.3 is 9.84 Å². The molecule has 2 N–H and O–H groups in total. The Morgan fingerprint density at radius 1 is 1.39 bits per heavy atom. The predicted molar refractivity (Wildman–Crippen MR) is 66.5 cm³/mol. The van der Waals surface area contributed by atoms with Crippen LogP contribution in [0.3, 0.4) is 0 Å². The molecule has 0 saturated carbocycles. The Morgan fingerprint density at radius 2 is 2.00 bits per heavy atom. The van der Waals surface area contributed by atoms with Gasteiger partial charge >= 0.3 is 12.1 Å². The van der Waals surface area contributed by atoms with E-state index in [1.54, 1.807) is 20.8 Å². The van der Waals surface area contributed by atoms with Crippen molar-refractivity contribution >= 4 is 33.8 Å². The Balaban J connectivity index is 2.89. The molecule has 0 radical (unpaired) electrons. The second kappa shape index (κ2) is 5.30. The lowest BCUT2D eigenvalue weighted by Gasteiger charge is -2.19. The Hall–Kier alpha value is -1.70. The van der Waals surface area contributed by atoms with Crippen LogP contribution in [0.15, 0.2) is 10.8 Å². The zero-order valence-corrected chi connectivity index (χ0v) is 11.6. The Morgan fingerprint density at radius 3 is 2.50 bits per heavy atom. The summed E-state index contributed by atoms with van der Waals surface area (Å²) in [7, 11) is 0. The average molecular weight is 318 g/mol. The third-order valence-electron chi connectivity index (χ3n) is 1.61. The van der Waals surface area contributed by atoms with E-state index in [1.165, 1.54) is 0 Å². The van der Waals surface area contributed by atoms with Crippen LogP contribution < -0.4 is 5.32 Å². The molecule has 1 aromatic rings. The molecular formula is C10H12BrN3O4. The quantitative estimate of drug-likeness (QED) is 0.867. The molecule has 8 heteroatoms. The number of carbonyl (C=O) groups is 2. The van der Waals surface area contributed by atoms with Crippen LogP contribution in [0.4, 0.5) is 10.6 Å². The van der Waals surface area contributed by atoms with Crippen LogP contribution in [0, 0.1) is 0 Å². The molecule has 1 rings (SSSR count). The van der Waals surface area contributed by atoms with Crippen LogP contribution in [0.1, 0.15) is 31.3 Å². The van der Waals surface area contributed by atoms with Gasteiger partial charge in [0, 0.05) is 0 Å². The van der Waals surface area contributed by atoms with E-state index in [0.29, 0.717) is 0 Å². The summed E-state index contributed by atoms with van der Waals surface area (Å²) in [5.41, 5.74) is -0.893. The van der Waals surface area contributed by atoms with E-state index in [-0.39, 0.29) is 16.0 Å². The minimum atomic E-state index is -1.23. The highest BCUT2D eigenvalue weighted by atomic mass is 79.9. The molecular weight excluding hydrogens is 306 g/mol. The van der Waals surface area contributed by atoms with Crippen molar-refractivity contribution in [1.82, 2.24) is 9.97 Å². The normalized spacial score (nSPS) is 10.9. The molecule has 0 bridgehead atoms. The van der Waals surface area contributed by atoms with E-state index >= 15 is 0 Å². The first-order chi connectivity index (χ1) is 8.20. The zero-order chi connectivity index (χ0) is 13.9. The monoisotopic (exact) mass is 317 g/mol. The molecule has 0 spiro atoms. The summed E-state index contributed by atoms with van der Waals surface area (Å²) in [4.78, 5) is 29.7. The number of carbonyl (C=O) groups excluding carboxylic acids is 1. The van der Waals surface area contributed by atoms with Gasteiger partial charge in [0.1, 0.15) is 11.9 Å². The number of carboxylic acid groups (broad SMARTS) is 1. The van der Waals surface area contributed by atoms with Crippen LogP contribution >= 0.6 is 15.9 Å². The topological polar surface area (TPSA) is 101 Å². The van der Waals surface area contributed by atoms with Crippen molar-refractivity contribution in [2.24, 2.45) is 0 Å². The summed E-state index contributed by atoms with van der Waals surface area (Å²) in [5, 5.41) is 11.2. The Kier molecular flexibility index (Phi) is 4.23. The molecule has 0 atom stereocenters. The fourth-order valence-corrected chi connectivity index (χ4v) is 1.48. The molecule has 7 nitrogen and oxygen atoms in total. The second-order valence-electron chi connectivity index (χ2n) is 4.32. The molecule has 18 heavy (non-hydrogen) atoms. The average Bonchev–Trinajstić information content (AvgIpc) is 2.17. The number of ether oxygens (including phenoxy) is 1. The third kappa shape index (κ3) is 3.95. The minimum Gasteiger partial charge on any atom is -0.476 e. The molecule has 1 amide bonds. The van der Waals surface area contributed by atoms with Crippen LogP contribution in [0.25, 0.3) is 0 Å². The van der Waals surface area contributed by atoms with Crippen LogP contribution in [-0.4, -0.2) is 32.7 Å². The van der Waals surface area contributed by atoms with Crippen molar-refractivity contribution in [1.29, 1.82) is 0 Å². The summed E-state index contributed by atoms with van der Waals surface area (Å²) in [6, 6.07) is 0. The lowest BCUT2D eigenvalue weighted by Crippen LogP contribution is -2.27. The Bertz CT molecular complexity index is 485. The van der Waals surface area contributed by atoms with Crippen molar-refractivity contribution < 1.29 is 19.4 Å². The molecule has 0 aliphatic rings. The predicted octanol–water partition coefficient (Wildman–Crippen LogP) is 2.28. The SMILES string of the molecule is CC(C)(C)OC(=O)Nc1ncnc(C(=O)O)c1Br. The maximum Gasteiger partial charge on any atom is 0.413 e. The standard InChI is InChI=1S/C10H12BrN3O4/c1-10(2,3)18-9(17)14-7-5(11)6(8(15)16)12-4-13-7/h4H,1-3H3,(H,15,16)(H,12,13,14,17). The number of hydrogen-bond donors (Lipinski definition) is 2. The number of amides is 1. The zero-order valence-electron chi connectivity index (χ0n) is 10.0. The van der Waals surface area contributed by atoms with E-state index in [2.05, 4.69) is 31.2 Å².